The number of nitrogens with zero attached hydrogens (tertiary/aromatic N) is 1. The molecule has 1 unspecified atom stereocenters. The number of hydrogen-bond acceptors (Lipinski definition) is 2. The van der Waals surface area contributed by atoms with Crippen LogP contribution < -0.4 is 4.90 Å². The van der Waals surface area contributed by atoms with Gasteiger partial charge in [-0.3, -0.25) is 4.79 Å². The highest BCUT2D eigenvalue weighted by atomic mass is 35.5. The molecule has 2 nitrogen and oxygen atoms in total. The number of aldehydes is 1. The number of benzene rings is 1. The maximum Gasteiger partial charge on any atom is 0.152 e. The van der Waals surface area contributed by atoms with Gasteiger partial charge >= 0.3 is 0 Å². The van der Waals surface area contributed by atoms with Crippen LogP contribution in [0.25, 0.3) is 0 Å². The summed E-state index contributed by atoms with van der Waals surface area (Å²) in [5, 5.41) is 0.690. The summed E-state index contributed by atoms with van der Waals surface area (Å²) in [5.41, 5.74) is 1.70. The first-order chi connectivity index (χ1) is 7.22. The molecule has 80 valence electrons. The van der Waals surface area contributed by atoms with Gasteiger partial charge in [-0.1, -0.05) is 11.6 Å². The van der Waals surface area contributed by atoms with E-state index in [0.29, 0.717) is 11.1 Å². The molecule has 1 heterocycles. The maximum absolute atomic E-state index is 10.9. The smallest absolute Gasteiger partial charge is 0.152 e. The fraction of sp³-hybridized carbons (Fsp3) is 0.417. The largest absolute Gasteiger partial charge is 0.368 e. The fourth-order valence-corrected chi connectivity index (χ4v) is 2.32. The van der Waals surface area contributed by atoms with E-state index in [0.717, 1.165) is 24.1 Å². The van der Waals surface area contributed by atoms with Crippen LogP contribution in [0.15, 0.2) is 18.2 Å². The van der Waals surface area contributed by atoms with Crippen LogP contribution in [0.1, 0.15) is 30.1 Å². The van der Waals surface area contributed by atoms with Gasteiger partial charge in [-0.15, -0.1) is 0 Å². The minimum Gasteiger partial charge on any atom is -0.368 e. The summed E-state index contributed by atoms with van der Waals surface area (Å²) < 4.78 is 0. The summed E-state index contributed by atoms with van der Waals surface area (Å²) in [4.78, 5) is 13.2. The molecule has 1 saturated heterocycles. The molecule has 15 heavy (non-hydrogen) atoms. The average Bonchev–Trinajstić information content (AvgIpc) is 2.64. The van der Waals surface area contributed by atoms with Crippen LogP contribution >= 0.6 is 11.6 Å². The van der Waals surface area contributed by atoms with Gasteiger partial charge in [0, 0.05) is 28.9 Å². The van der Waals surface area contributed by atoms with Gasteiger partial charge in [-0.25, -0.2) is 0 Å². The minimum absolute atomic E-state index is 0.502. The van der Waals surface area contributed by atoms with Crippen LogP contribution in [0.4, 0.5) is 5.69 Å². The molecule has 0 aliphatic carbocycles. The molecule has 1 aliphatic heterocycles. The van der Waals surface area contributed by atoms with E-state index in [1.165, 1.54) is 12.8 Å². The van der Waals surface area contributed by atoms with Crippen LogP contribution in [0.5, 0.6) is 0 Å². The zero-order valence-corrected chi connectivity index (χ0v) is 9.50. The lowest BCUT2D eigenvalue weighted by atomic mass is 10.1. The SMILES string of the molecule is CC1CCCN1c1cc(Cl)ccc1C=O. The van der Waals surface area contributed by atoms with E-state index in [1.54, 1.807) is 12.1 Å². The summed E-state index contributed by atoms with van der Waals surface area (Å²) in [6.45, 7) is 3.20. The van der Waals surface area contributed by atoms with Gasteiger partial charge in [-0.2, -0.15) is 0 Å². The Morgan fingerprint density at radius 1 is 1.53 bits per heavy atom. The summed E-state index contributed by atoms with van der Waals surface area (Å²) in [6, 6.07) is 5.93. The van der Waals surface area contributed by atoms with Crippen molar-refractivity contribution in [3.63, 3.8) is 0 Å². The van der Waals surface area contributed by atoms with Gasteiger partial charge in [0.15, 0.2) is 6.29 Å². The van der Waals surface area contributed by atoms with Crippen molar-refractivity contribution in [1.29, 1.82) is 0 Å². The molecule has 0 N–H and O–H groups in total. The van der Waals surface area contributed by atoms with E-state index >= 15 is 0 Å². The topological polar surface area (TPSA) is 20.3 Å². The second-order valence-corrected chi connectivity index (χ2v) is 4.44. The summed E-state index contributed by atoms with van der Waals surface area (Å²) in [7, 11) is 0. The summed E-state index contributed by atoms with van der Waals surface area (Å²) in [6.07, 6.45) is 3.27. The van der Waals surface area contributed by atoms with Gasteiger partial charge in [0.25, 0.3) is 0 Å². The summed E-state index contributed by atoms with van der Waals surface area (Å²) in [5.74, 6) is 0. The lowest BCUT2D eigenvalue weighted by Gasteiger charge is -2.25. The first kappa shape index (κ1) is 10.5. The van der Waals surface area contributed by atoms with Gasteiger partial charge < -0.3 is 4.90 Å². The predicted molar refractivity (Wildman–Crippen MR) is 62.9 cm³/mol. The third-order valence-electron chi connectivity index (χ3n) is 2.98. The maximum atomic E-state index is 10.9. The number of rotatable bonds is 2. The van der Waals surface area contributed by atoms with Crippen molar-refractivity contribution >= 4 is 23.6 Å². The third-order valence-corrected chi connectivity index (χ3v) is 3.22. The Bertz CT molecular complexity index is 378. The number of hydrogen-bond donors (Lipinski definition) is 0. The molecule has 1 aliphatic rings. The highest BCUT2D eigenvalue weighted by Gasteiger charge is 2.22. The van der Waals surface area contributed by atoms with E-state index in [4.69, 9.17) is 11.6 Å². The monoisotopic (exact) mass is 223 g/mol. The molecule has 1 atom stereocenters. The van der Waals surface area contributed by atoms with Gasteiger partial charge in [0.1, 0.15) is 0 Å². The minimum atomic E-state index is 0.502. The van der Waals surface area contributed by atoms with Crippen molar-refractivity contribution in [2.75, 3.05) is 11.4 Å². The highest BCUT2D eigenvalue weighted by Crippen LogP contribution is 2.30. The molecule has 2 rings (SSSR count). The van der Waals surface area contributed by atoms with Gasteiger partial charge in [0.2, 0.25) is 0 Å². The second kappa shape index (κ2) is 4.23. The fourth-order valence-electron chi connectivity index (χ4n) is 2.16. The average molecular weight is 224 g/mol. The quantitative estimate of drug-likeness (QED) is 0.718. The van der Waals surface area contributed by atoms with Gasteiger partial charge in [-0.05, 0) is 38.0 Å². The Labute approximate surface area is 94.8 Å². The molecule has 0 bridgehead atoms. The Hall–Kier alpha value is -1.02. The van der Waals surface area contributed by atoms with Crippen molar-refractivity contribution in [2.45, 2.75) is 25.8 Å². The highest BCUT2D eigenvalue weighted by molar-refractivity contribution is 6.31. The van der Waals surface area contributed by atoms with Crippen molar-refractivity contribution < 1.29 is 4.79 Å². The second-order valence-electron chi connectivity index (χ2n) is 4.01. The first-order valence-electron chi connectivity index (χ1n) is 5.24. The number of halogens is 1. The molecule has 3 heteroatoms. The first-order valence-corrected chi connectivity index (χ1v) is 5.61. The van der Waals surface area contributed by atoms with Crippen molar-refractivity contribution in [2.24, 2.45) is 0 Å². The van der Waals surface area contributed by atoms with Crippen LogP contribution in [-0.2, 0) is 0 Å². The van der Waals surface area contributed by atoms with E-state index in [1.807, 2.05) is 6.07 Å². The Morgan fingerprint density at radius 2 is 2.33 bits per heavy atom. The van der Waals surface area contributed by atoms with Crippen molar-refractivity contribution in [3.8, 4) is 0 Å². The van der Waals surface area contributed by atoms with Crippen LogP contribution in [-0.4, -0.2) is 18.9 Å². The summed E-state index contributed by atoms with van der Waals surface area (Å²) >= 11 is 5.96. The zero-order chi connectivity index (χ0) is 10.8. The number of carbonyl (C=O) groups is 1. The number of anilines is 1. The molecular weight excluding hydrogens is 210 g/mol. The molecular formula is C12H14ClNO. The Morgan fingerprint density at radius 3 is 2.93 bits per heavy atom. The molecule has 1 fully saturated rings. The van der Waals surface area contributed by atoms with Crippen molar-refractivity contribution in [3.05, 3.63) is 28.8 Å². The lowest BCUT2D eigenvalue weighted by Crippen LogP contribution is -2.27. The molecule has 0 radical (unpaired) electrons. The molecule has 0 spiro atoms. The molecule has 1 aromatic carbocycles. The van der Waals surface area contributed by atoms with E-state index in [9.17, 15) is 4.79 Å². The Kier molecular flexibility index (Phi) is 2.96. The number of carbonyl (C=O) groups excluding carboxylic acids is 1. The van der Waals surface area contributed by atoms with Gasteiger partial charge in [0.05, 0.1) is 0 Å². The predicted octanol–water partition coefficient (Wildman–Crippen LogP) is 3.14. The van der Waals surface area contributed by atoms with E-state index < -0.39 is 0 Å². The lowest BCUT2D eigenvalue weighted by molar-refractivity contribution is 0.112. The van der Waals surface area contributed by atoms with E-state index in [-0.39, 0.29) is 0 Å². The zero-order valence-electron chi connectivity index (χ0n) is 8.74. The molecule has 0 amide bonds. The van der Waals surface area contributed by atoms with Crippen LogP contribution in [0.2, 0.25) is 5.02 Å². The van der Waals surface area contributed by atoms with Crippen LogP contribution in [0, 0.1) is 0 Å². The molecule has 0 aromatic heterocycles. The van der Waals surface area contributed by atoms with Crippen LogP contribution in [0.3, 0.4) is 0 Å². The normalized spacial score (nSPS) is 20.7. The molecule has 1 aromatic rings. The molecule has 0 saturated carbocycles. The Balaban J connectivity index is 2.40. The van der Waals surface area contributed by atoms with E-state index in [2.05, 4.69) is 11.8 Å². The third kappa shape index (κ3) is 2.00. The standard InChI is InChI=1S/C12H14ClNO/c1-9-3-2-6-14(9)12-7-11(13)5-4-10(12)8-15/h4-5,7-9H,2-3,6H2,1H3. The van der Waals surface area contributed by atoms with Crippen molar-refractivity contribution in [1.82, 2.24) is 0 Å².